The summed E-state index contributed by atoms with van der Waals surface area (Å²) >= 11 is 0. The zero-order chi connectivity index (χ0) is 10.1. The van der Waals surface area contributed by atoms with Crippen LogP contribution in [0.4, 0.5) is 0 Å². The Morgan fingerprint density at radius 3 is 2.69 bits per heavy atom. The van der Waals surface area contributed by atoms with Crippen LogP contribution in [0.2, 0.25) is 0 Å². The Balaban J connectivity index is 2.87. The average molecular weight is 204 g/mol. The van der Waals surface area contributed by atoms with Gasteiger partial charge in [-0.2, -0.15) is 0 Å². The van der Waals surface area contributed by atoms with Crippen molar-refractivity contribution in [1.29, 1.82) is 0 Å². The van der Waals surface area contributed by atoms with E-state index in [1.54, 1.807) is 0 Å². The van der Waals surface area contributed by atoms with Crippen molar-refractivity contribution < 1.29 is 17.6 Å². The van der Waals surface area contributed by atoms with Gasteiger partial charge in [0.25, 0.3) is 5.91 Å². The van der Waals surface area contributed by atoms with Crippen molar-refractivity contribution in [2.24, 2.45) is 5.73 Å². The molecular weight excluding hydrogens is 196 g/mol. The van der Waals surface area contributed by atoms with Crippen LogP contribution in [-0.2, 0) is 15.6 Å². The Morgan fingerprint density at radius 1 is 1.69 bits per heavy atom. The van der Waals surface area contributed by atoms with Gasteiger partial charge >= 0.3 is 0 Å². The monoisotopic (exact) mass is 204 g/mol. The lowest BCUT2D eigenvalue weighted by molar-refractivity contribution is 0.0995. The fourth-order valence-corrected chi connectivity index (χ4v) is 1.30. The molecule has 0 aliphatic heterocycles. The minimum atomic E-state index is -3.20. The maximum atomic E-state index is 10.8. The highest BCUT2D eigenvalue weighted by Crippen LogP contribution is 2.04. The first-order chi connectivity index (χ1) is 5.88. The van der Waals surface area contributed by atoms with Gasteiger partial charge in [-0.05, 0) is 0 Å². The number of oxazole rings is 1. The highest BCUT2D eigenvalue weighted by atomic mass is 32.2. The van der Waals surface area contributed by atoms with E-state index in [2.05, 4.69) is 4.98 Å². The zero-order valence-electron chi connectivity index (χ0n) is 6.85. The summed E-state index contributed by atoms with van der Waals surface area (Å²) in [6.07, 6.45) is 2.07. The lowest BCUT2D eigenvalue weighted by Gasteiger charge is -1.89. The van der Waals surface area contributed by atoms with E-state index in [4.69, 9.17) is 10.2 Å². The SMILES string of the molecule is CS(=O)(=O)Cc1nc(C(N)=O)co1. The number of carbonyl (C=O) groups is 1. The smallest absolute Gasteiger partial charge is 0.270 e. The highest BCUT2D eigenvalue weighted by Gasteiger charge is 2.12. The summed E-state index contributed by atoms with van der Waals surface area (Å²) in [5, 5.41) is 0. The summed E-state index contributed by atoms with van der Waals surface area (Å²) in [5.41, 5.74) is 4.81. The van der Waals surface area contributed by atoms with E-state index < -0.39 is 15.7 Å². The highest BCUT2D eigenvalue weighted by molar-refractivity contribution is 7.89. The number of rotatable bonds is 3. The molecule has 0 aliphatic rings. The Kier molecular flexibility index (Phi) is 2.37. The lowest BCUT2D eigenvalue weighted by atomic mass is 10.5. The minimum absolute atomic E-state index is 0.0312. The molecule has 1 amide bonds. The molecule has 7 heteroatoms. The van der Waals surface area contributed by atoms with Gasteiger partial charge in [-0.25, -0.2) is 13.4 Å². The summed E-state index contributed by atoms with van der Waals surface area (Å²) in [4.78, 5) is 14.1. The first kappa shape index (κ1) is 9.72. The van der Waals surface area contributed by atoms with Crippen molar-refractivity contribution in [3.05, 3.63) is 17.8 Å². The molecule has 0 fully saturated rings. The zero-order valence-corrected chi connectivity index (χ0v) is 7.67. The average Bonchev–Trinajstić information content (AvgIpc) is 2.31. The molecule has 0 saturated heterocycles. The molecule has 72 valence electrons. The molecular formula is C6H8N2O4S. The number of nitrogens with zero attached hydrogens (tertiary/aromatic N) is 1. The van der Waals surface area contributed by atoms with Crippen LogP contribution in [0.1, 0.15) is 16.4 Å². The number of sulfone groups is 1. The molecule has 0 aromatic carbocycles. The molecule has 0 radical (unpaired) electrons. The van der Waals surface area contributed by atoms with Gasteiger partial charge in [-0.3, -0.25) is 4.79 Å². The predicted molar refractivity (Wildman–Crippen MR) is 43.6 cm³/mol. The molecule has 0 saturated carbocycles. The molecule has 0 atom stereocenters. The van der Waals surface area contributed by atoms with Crippen molar-refractivity contribution in [2.75, 3.05) is 6.26 Å². The van der Waals surface area contributed by atoms with Crippen LogP contribution < -0.4 is 5.73 Å². The van der Waals surface area contributed by atoms with E-state index in [1.807, 2.05) is 0 Å². The summed E-state index contributed by atoms with van der Waals surface area (Å²) in [6, 6.07) is 0. The van der Waals surface area contributed by atoms with Crippen molar-refractivity contribution in [3.63, 3.8) is 0 Å². The van der Waals surface area contributed by atoms with Crippen LogP contribution in [0.15, 0.2) is 10.7 Å². The molecule has 0 unspecified atom stereocenters. The van der Waals surface area contributed by atoms with E-state index >= 15 is 0 Å². The molecule has 1 heterocycles. The first-order valence-corrected chi connectivity index (χ1v) is 5.36. The van der Waals surface area contributed by atoms with Crippen LogP contribution in [-0.4, -0.2) is 25.6 Å². The second kappa shape index (κ2) is 3.17. The van der Waals surface area contributed by atoms with Crippen LogP contribution in [0, 0.1) is 0 Å². The number of nitrogens with two attached hydrogens (primary N) is 1. The normalized spacial score (nSPS) is 11.5. The number of amides is 1. The molecule has 0 bridgehead atoms. The van der Waals surface area contributed by atoms with Gasteiger partial charge in [-0.15, -0.1) is 0 Å². The first-order valence-electron chi connectivity index (χ1n) is 3.30. The quantitative estimate of drug-likeness (QED) is 0.702. The predicted octanol–water partition coefficient (Wildman–Crippen LogP) is -0.682. The maximum Gasteiger partial charge on any atom is 0.270 e. The maximum absolute atomic E-state index is 10.8. The number of aromatic nitrogens is 1. The molecule has 0 spiro atoms. The standard InChI is InChI=1S/C6H8N2O4S/c1-13(10,11)3-5-8-4(2-12-5)6(7)9/h2H,3H2,1H3,(H2,7,9). The lowest BCUT2D eigenvalue weighted by Crippen LogP contribution is -2.11. The summed E-state index contributed by atoms with van der Waals surface area (Å²) in [5.74, 6) is -1.11. The Hall–Kier alpha value is -1.37. The van der Waals surface area contributed by atoms with Crippen molar-refractivity contribution in [3.8, 4) is 0 Å². The summed E-state index contributed by atoms with van der Waals surface area (Å²) in [6.45, 7) is 0. The van der Waals surface area contributed by atoms with E-state index in [0.29, 0.717) is 0 Å². The molecule has 0 aliphatic carbocycles. The third-order valence-electron chi connectivity index (χ3n) is 1.19. The van der Waals surface area contributed by atoms with Crippen molar-refractivity contribution in [2.45, 2.75) is 5.75 Å². The van der Waals surface area contributed by atoms with Gasteiger partial charge in [0.05, 0.1) is 0 Å². The fourth-order valence-electron chi connectivity index (χ4n) is 0.715. The van der Waals surface area contributed by atoms with Crippen LogP contribution in [0.3, 0.4) is 0 Å². The molecule has 1 aromatic heterocycles. The molecule has 6 nitrogen and oxygen atoms in total. The minimum Gasteiger partial charge on any atom is -0.447 e. The Bertz CT molecular complexity index is 420. The van der Waals surface area contributed by atoms with Gasteiger partial charge in [0.1, 0.15) is 12.0 Å². The van der Waals surface area contributed by atoms with Crippen molar-refractivity contribution in [1.82, 2.24) is 4.98 Å². The topological polar surface area (TPSA) is 103 Å². The van der Waals surface area contributed by atoms with Crippen LogP contribution in [0.25, 0.3) is 0 Å². The van der Waals surface area contributed by atoms with E-state index in [-0.39, 0.29) is 17.3 Å². The molecule has 1 aromatic rings. The largest absolute Gasteiger partial charge is 0.447 e. The number of hydrogen-bond donors (Lipinski definition) is 1. The molecule has 2 N–H and O–H groups in total. The van der Waals surface area contributed by atoms with Crippen molar-refractivity contribution >= 4 is 15.7 Å². The number of primary amides is 1. The molecule has 1 rings (SSSR count). The van der Waals surface area contributed by atoms with Gasteiger partial charge in [0.15, 0.2) is 15.5 Å². The van der Waals surface area contributed by atoms with E-state index in [9.17, 15) is 13.2 Å². The third-order valence-corrected chi connectivity index (χ3v) is 1.96. The second-order valence-corrected chi connectivity index (χ2v) is 4.70. The molecule has 13 heavy (non-hydrogen) atoms. The fraction of sp³-hybridized carbons (Fsp3) is 0.333. The second-order valence-electron chi connectivity index (χ2n) is 2.56. The van der Waals surface area contributed by atoms with Crippen LogP contribution >= 0.6 is 0 Å². The number of carbonyl (C=O) groups excluding carboxylic acids is 1. The van der Waals surface area contributed by atoms with Gasteiger partial charge in [-0.1, -0.05) is 0 Å². The summed E-state index contributed by atoms with van der Waals surface area (Å²) in [7, 11) is -3.20. The Morgan fingerprint density at radius 2 is 2.31 bits per heavy atom. The summed E-state index contributed by atoms with van der Waals surface area (Å²) < 4.78 is 26.2. The van der Waals surface area contributed by atoms with Gasteiger partial charge in [0.2, 0.25) is 5.89 Å². The van der Waals surface area contributed by atoms with E-state index in [1.165, 1.54) is 0 Å². The van der Waals surface area contributed by atoms with Crippen LogP contribution in [0.5, 0.6) is 0 Å². The Labute approximate surface area is 74.7 Å². The number of hydrogen-bond acceptors (Lipinski definition) is 5. The van der Waals surface area contributed by atoms with E-state index in [0.717, 1.165) is 12.5 Å². The van der Waals surface area contributed by atoms with Gasteiger partial charge in [0, 0.05) is 6.26 Å². The van der Waals surface area contributed by atoms with Gasteiger partial charge < -0.3 is 10.2 Å². The third kappa shape index (κ3) is 2.86.